The van der Waals surface area contributed by atoms with Gasteiger partial charge in [0.2, 0.25) is 0 Å². The van der Waals surface area contributed by atoms with Gasteiger partial charge in [-0.1, -0.05) is 152 Å². The van der Waals surface area contributed by atoms with Crippen LogP contribution in [-0.4, -0.2) is 12.0 Å². The number of hydrogen-bond acceptors (Lipinski definition) is 0. The molecule has 0 heterocycles. The van der Waals surface area contributed by atoms with E-state index in [1.165, 1.54) is 49.3 Å². The molecule has 1 aliphatic rings. The molecule has 0 N–H and O–H groups in total. The third-order valence-electron chi connectivity index (χ3n) is 7.27. The van der Waals surface area contributed by atoms with Crippen molar-refractivity contribution < 1.29 is 0 Å². The van der Waals surface area contributed by atoms with Crippen molar-refractivity contribution >= 4 is 39.5 Å². The summed E-state index contributed by atoms with van der Waals surface area (Å²) in [5, 5.41) is 4.22. The standard InChI is InChI=1S/C36H29P/c1-37(31-23-13-5-14-24-31,32-25-15-6-16-26-32)36-34(29-19-9-3-10-20-29)27-33(28-17-7-2-8-18-28)35(36)30-21-11-4-12-22-30/h2-27H,1H3. The minimum Gasteiger partial charge on any atom is -0.0622 e. The van der Waals surface area contributed by atoms with Crippen LogP contribution in [-0.2, 0) is 0 Å². The van der Waals surface area contributed by atoms with Crippen molar-refractivity contribution in [2.45, 2.75) is 0 Å². The zero-order valence-corrected chi connectivity index (χ0v) is 21.9. The van der Waals surface area contributed by atoms with Crippen molar-refractivity contribution in [2.24, 2.45) is 0 Å². The molecule has 37 heavy (non-hydrogen) atoms. The van der Waals surface area contributed by atoms with Crippen molar-refractivity contribution in [3.8, 4) is 0 Å². The van der Waals surface area contributed by atoms with E-state index in [1.807, 2.05) is 0 Å². The van der Waals surface area contributed by atoms with Gasteiger partial charge >= 0.3 is 0 Å². The van der Waals surface area contributed by atoms with E-state index in [9.17, 15) is 0 Å². The van der Waals surface area contributed by atoms with E-state index in [1.54, 1.807) is 0 Å². The summed E-state index contributed by atoms with van der Waals surface area (Å²) in [6.07, 6.45) is 2.44. The zero-order valence-electron chi connectivity index (χ0n) is 21.0. The molecule has 5 aromatic carbocycles. The normalized spacial score (nSPS) is 13.5. The largest absolute Gasteiger partial charge is 0.0622 e. The molecular formula is C36H29P. The molecule has 0 nitrogen and oxygen atoms in total. The van der Waals surface area contributed by atoms with Crippen LogP contribution in [0, 0.1) is 0 Å². The predicted octanol–water partition coefficient (Wildman–Crippen LogP) is 8.17. The van der Waals surface area contributed by atoms with E-state index in [-0.39, 0.29) is 0 Å². The Bertz CT molecular complexity index is 1580. The van der Waals surface area contributed by atoms with E-state index in [0.717, 1.165) is 0 Å². The van der Waals surface area contributed by atoms with Crippen LogP contribution in [0.15, 0.2) is 158 Å². The predicted molar refractivity (Wildman–Crippen MR) is 164 cm³/mol. The first kappa shape index (κ1) is 23.3. The van der Waals surface area contributed by atoms with Gasteiger partial charge in [0.15, 0.2) is 0 Å². The third kappa shape index (κ3) is 4.25. The average Bonchev–Trinajstić information content (AvgIpc) is 3.40. The second-order valence-electron chi connectivity index (χ2n) is 9.47. The third-order valence-corrected chi connectivity index (χ3v) is 11.3. The van der Waals surface area contributed by atoms with Gasteiger partial charge in [-0.25, -0.2) is 0 Å². The van der Waals surface area contributed by atoms with Crippen LogP contribution in [0.5, 0.6) is 0 Å². The van der Waals surface area contributed by atoms with Crippen LogP contribution >= 0.6 is 6.89 Å². The smallest absolute Gasteiger partial charge is 0.00190 e. The summed E-state index contributed by atoms with van der Waals surface area (Å²) >= 11 is 0. The molecule has 1 aliphatic carbocycles. The molecule has 5 aromatic rings. The zero-order chi connectivity index (χ0) is 25.1. The Balaban J connectivity index is 1.82. The molecule has 178 valence electrons. The lowest BCUT2D eigenvalue weighted by Gasteiger charge is -2.30. The molecule has 0 atom stereocenters. The van der Waals surface area contributed by atoms with Crippen LogP contribution in [0.4, 0.5) is 0 Å². The summed E-state index contributed by atoms with van der Waals surface area (Å²) in [5.74, 6) is 0. The summed E-state index contributed by atoms with van der Waals surface area (Å²) < 4.78 is 0. The Morgan fingerprint density at radius 2 is 0.784 bits per heavy atom. The second kappa shape index (κ2) is 10.1. The molecule has 6 rings (SSSR count). The average molecular weight is 493 g/mol. The van der Waals surface area contributed by atoms with Crippen LogP contribution in [0.2, 0.25) is 0 Å². The van der Waals surface area contributed by atoms with Crippen LogP contribution in [0.25, 0.3) is 16.7 Å². The van der Waals surface area contributed by atoms with Gasteiger partial charge in [-0.05, 0) is 68.9 Å². The Morgan fingerprint density at radius 3 is 1.24 bits per heavy atom. The Hall–Kier alpha value is -4.12. The highest BCUT2D eigenvalue weighted by molar-refractivity contribution is 7.90. The lowest BCUT2D eigenvalue weighted by molar-refractivity contribution is 1.61. The summed E-state index contributed by atoms with van der Waals surface area (Å²) in [6, 6.07) is 55.0. The fourth-order valence-electron chi connectivity index (χ4n) is 5.45. The molecule has 0 spiro atoms. The van der Waals surface area contributed by atoms with Crippen molar-refractivity contribution in [1.82, 2.24) is 0 Å². The van der Waals surface area contributed by atoms with Crippen molar-refractivity contribution in [3.63, 3.8) is 0 Å². The summed E-state index contributed by atoms with van der Waals surface area (Å²) in [7, 11) is 0. The molecule has 0 aromatic heterocycles. The SMILES string of the molecule is CP(=C1C(c2ccccc2)=CC(c2ccccc2)=C1c1ccccc1)(c1ccccc1)c1ccccc1. The lowest BCUT2D eigenvalue weighted by atomic mass is 9.95. The van der Waals surface area contributed by atoms with Crippen molar-refractivity contribution in [2.75, 3.05) is 6.66 Å². The van der Waals surface area contributed by atoms with Gasteiger partial charge in [-0.3, -0.25) is 0 Å². The van der Waals surface area contributed by atoms with Gasteiger partial charge in [0.25, 0.3) is 0 Å². The van der Waals surface area contributed by atoms with Crippen molar-refractivity contribution in [3.05, 3.63) is 174 Å². The molecule has 0 aliphatic heterocycles. The van der Waals surface area contributed by atoms with E-state index in [0.29, 0.717) is 0 Å². The number of allylic oxidation sites excluding steroid dienone is 4. The van der Waals surface area contributed by atoms with Crippen LogP contribution in [0.3, 0.4) is 0 Å². The highest BCUT2D eigenvalue weighted by atomic mass is 31.2. The summed E-state index contributed by atoms with van der Waals surface area (Å²) in [4.78, 5) is 0. The van der Waals surface area contributed by atoms with Gasteiger partial charge in [0.1, 0.15) is 0 Å². The van der Waals surface area contributed by atoms with E-state index >= 15 is 0 Å². The Kier molecular flexibility index (Phi) is 6.35. The van der Waals surface area contributed by atoms with E-state index in [2.05, 4.69) is 164 Å². The first-order chi connectivity index (χ1) is 18.3. The fourth-order valence-corrected chi connectivity index (χ4v) is 9.17. The van der Waals surface area contributed by atoms with Gasteiger partial charge in [0.05, 0.1) is 0 Å². The van der Waals surface area contributed by atoms with E-state index < -0.39 is 6.89 Å². The Labute approximate surface area is 220 Å². The maximum atomic E-state index is 2.50. The monoisotopic (exact) mass is 492 g/mol. The van der Waals surface area contributed by atoms with Gasteiger partial charge in [0, 0.05) is 0 Å². The maximum absolute atomic E-state index is 2.50. The molecule has 0 saturated heterocycles. The number of hydrogen-bond donors (Lipinski definition) is 0. The molecule has 0 amide bonds. The summed E-state index contributed by atoms with van der Waals surface area (Å²) in [5.41, 5.74) is 7.72. The number of rotatable bonds is 5. The molecular weight excluding hydrogens is 463 g/mol. The van der Waals surface area contributed by atoms with Crippen molar-refractivity contribution in [1.29, 1.82) is 0 Å². The molecule has 0 fully saturated rings. The minimum atomic E-state index is -2.03. The minimum absolute atomic E-state index is 1.25. The maximum Gasteiger partial charge on any atom is -0.00190 e. The molecule has 0 radical (unpaired) electrons. The topological polar surface area (TPSA) is 0 Å². The summed E-state index contributed by atoms with van der Waals surface area (Å²) in [6.45, 7) is 0.468. The van der Waals surface area contributed by atoms with Gasteiger partial charge < -0.3 is 0 Å². The molecule has 0 saturated carbocycles. The lowest BCUT2D eigenvalue weighted by Crippen LogP contribution is -2.22. The van der Waals surface area contributed by atoms with Crippen LogP contribution < -0.4 is 10.6 Å². The van der Waals surface area contributed by atoms with E-state index in [4.69, 9.17) is 0 Å². The fraction of sp³-hybridized carbons (Fsp3) is 0.0278. The molecule has 1 heteroatoms. The van der Waals surface area contributed by atoms with Gasteiger partial charge in [-0.2, -0.15) is 0 Å². The first-order valence-corrected chi connectivity index (χ1v) is 15.0. The number of benzene rings is 5. The second-order valence-corrected chi connectivity index (χ2v) is 13.0. The molecule has 0 bridgehead atoms. The van der Waals surface area contributed by atoms with Gasteiger partial charge in [-0.15, -0.1) is 0 Å². The molecule has 0 unspecified atom stereocenters. The first-order valence-electron chi connectivity index (χ1n) is 12.7. The quantitative estimate of drug-likeness (QED) is 0.217. The highest BCUT2D eigenvalue weighted by Crippen LogP contribution is 2.54. The van der Waals surface area contributed by atoms with Crippen LogP contribution in [0.1, 0.15) is 16.7 Å². The Morgan fingerprint density at radius 1 is 0.405 bits per heavy atom. The highest BCUT2D eigenvalue weighted by Gasteiger charge is 2.33.